The van der Waals surface area contributed by atoms with Gasteiger partial charge in [0.25, 0.3) is 0 Å². The van der Waals surface area contributed by atoms with Crippen molar-refractivity contribution in [1.82, 2.24) is 4.90 Å². The van der Waals surface area contributed by atoms with Crippen LogP contribution >= 0.6 is 0 Å². The van der Waals surface area contributed by atoms with E-state index < -0.39 is 11.9 Å². The third kappa shape index (κ3) is 11.5. The zero-order valence-electron chi connectivity index (χ0n) is 14.8. The van der Waals surface area contributed by atoms with E-state index in [2.05, 4.69) is 6.58 Å². The van der Waals surface area contributed by atoms with Crippen molar-refractivity contribution < 1.29 is 23.9 Å². The van der Waals surface area contributed by atoms with Crippen molar-refractivity contribution in [3.05, 3.63) is 24.9 Å². The SMILES string of the molecule is C=CN1CCCC1=O.CCCCOC(=O)C=CC(=O)OCCCC. The number of carbonyl (C=O) groups is 3. The molecule has 0 bridgehead atoms. The molecule has 1 aliphatic heterocycles. The molecule has 1 amide bonds. The van der Waals surface area contributed by atoms with Crippen LogP contribution in [-0.4, -0.2) is 42.5 Å². The molecule has 0 atom stereocenters. The van der Waals surface area contributed by atoms with Gasteiger partial charge in [-0.15, -0.1) is 0 Å². The average Bonchev–Trinajstić information content (AvgIpc) is 2.99. The predicted molar refractivity (Wildman–Crippen MR) is 92.0 cm³/mol. The molecule has 1 heterocycles. The number of carbonyl (C=O) groups excluding carboxylic acids is 3. The molecule has 0 spiro atoms. The minimum absolute atomic E-state index is 0.208. The first kappa shape index (κ1) is 21.9. The molecular formula is C18H29NO5. The Labute approximate surface area is 144 Å². The van der Waals surface area contributed by atoms with Crippen LogP contribution in [0, 0.1) is 0 Å². The third-order valence-electron chi connectivity index (χ3n) is 3.17. The second kappa shape index (κ2) is 14.5. The van der Waals surface area contributed by atoms with Crippen LogP contribution in [0.25, 0.3) is 0 Å². The molecule has 0 N–H and O–H groups in total. The molecule has 0 aromatic rings. The maximum Gasteiger partial charge on any atom is 0.331 e. The molecule has 1 rings (SSSR count). The summed E-state index contributed by atoms with van der Waals surface area (Å²) in [5.41, 5.74) is 0. The van der Waals surface area contributed by atoms with Crippen LogP contribution in [0.2, 0.25) is 0 Å². The smallest absolute Gasteiger partial charge is 0.331 e. The molecule has 1 fully saturated rings. The highest BCUT2D eigenvalue weighted by Crippen LogP contribution is 2.08. The largest absolute Gasteiger partial charge is 0.463 e. The quantitative estimate of drug-likeness (QED) is 0.367. The second-order valence-electron chi connectivity index (χ2n) is 5.25. The summed E-state index contributed by atoms with van der Waals surface area (Å²) >= 11 is 0. The number of esters is 2. The van der Waals surface area contributed by atoms with Gasteiger partial charge in [0.05, 0.1) is 13.2 Å². The van der Waals surface area contributed by atoms with Gasteiger partial charge in [0.1, 0.15) is 0 Å². The summed E-state index contributed by atoms with van der Waals surface area (Å²) in [6.07, 6.45) is 9.09. The fourth-order valence-corrected chi connectivity index (χ4v) is 1.73. The predicted octanol–water partition coefficient (Wildman–Crippen LogP) is 2.98. The van der Waals surface area contributed by atoms with Crippen molar-refractivity contribution >= 4 is 17.8 Å². The molecule has 6 heteroatoms. The standard InChI is InChI=1S/C12H20O4.C6H9NO/c1-3-5-9-15-11(13)7-8-12(14)16-10-6-4-2;1-2-7-5-3-4-6(7)8/h7-8H,3-6,9-10H2,1-2H3;2H,1,3-5H2. The van der Waals surface area contributed by atoms with Crippen LogP contribution in [0.1, 0.15) is 52.4 Å². The van der Waals surface area contributed by atoms with E-state index in [0.717, 1.165) is 50.8 Å². The Bertz CT molecular complexity index is 407. The van der Waals surface area contributed by atoms with E-state index in [1.165, 1.54) is 0 Å². The van der Waals surface area contributed by atoms with Crippen molar-refractivity contribution in [3.8, 4) is 0 Å². The lowest BCUT2D eigenvalue weighted by Crippen LogP contribution is -2.16. The number of hydrogen-bond donors (Lipinski definition) is 0. The van der Waals surface area contributed by atoms with E-state index >= 15 is 0 Å². The van der Waals surface area contributed by atoms with Gasteiger partial charge in [-0.25, -0.2) is 9.59 Å². The normalized spacial score (nSPS) is 13.4. The highest BCUT2D eigenvalue weighted by atomic mass is 16.5. The van der Waals surface area contributed by atoms with Crippen LogP contribution in [-0.2, 0) is 23.9 Å². The number of hydrogen-bond acceptors (Lipinski definition) is 5. The third-order valence-corrected chi connectivity index (χ3v) is 3.17. The minimum Gasteiger partial charge on any atom is -0.463 e. The molecule has 0 aromatic carbocycles. The lowest BCUT2D eigenvalue weighted by atomic mass is 10.4. The summed E-state index contributed by atoms with van der Waals surface area (Å²) in [4.78, 5) is 34.4. The monoisotopic (exact) mass is 339 g/mol. The Morgan fingerprint density at radius 1 is 1.08 bits per heavy atom. The molecule has 136 valence electrons. The zero-order valence-corrected chi connectivity index (χ0v) is 14.8. The Morgan fingerprint density at radius 2 is 1.58 bits per heavy atom. The molecule has 0 aliphatic carbocycles. The van der Waals surface area contributed by atoms with Crippen LogP contribution in [0.15, 0.2) is 24.9 Å². The van der Waals surface area contributed by atoms with Gasteiger partial charge in [-0.05, 0) is 25.5 Å². The number of likely N-dealkylation sites (tertiary alicyclic amines) is 1. The molecule has 0 saturated carbocycles. The van der Waals surface area contributed by atoms with Crippen LogP contribution < -0.4 is 0 Å². The van der Waals surface area contributed by atoms with Crippen molar-refractivity contribution in [2.45, 2.75) is 52.4 Å². The molecule has 24 heavy (non-hydrogen) atoms. The molecule has 1 saturated heterocycles. The first-order valence-electron chi connectivity index (χ1n) is 8.48. The maximum absolute atomic E-state index is 11.0. The lowest BCUT2D eigenvalue weighted by Gasteiger charge is -2.05. The molecule has 6 nitrogen and oxygen atoms in total. The summed E-state index contributed by atoms with van der Waals surface area (Å²) in [5, 5.41) is 0. The van der Waals surface area contributed by atoms with Crippen LogP contribution in [0.3, 0.4) is 0 Å². The van der Waals surface area contributed by atoms with E-state index in [0.29, 0.717) is 19.6 Å². The molecule has 1 aliphatic rings. The van der Waals surface area contributed by atoms with Crippen LogP contribution in [0.4, 0.5) is 0 Å². The van der Waals surface area contributed by atoms with Crippen molar-refractivity contribution in [1.29, 1.82) is 0 Å². The van der Waals surface area contributed by atoms with E-state index in [-0.39, 0.29) is 5.91 Å². The number of rotatable bonds is 9. The first-order chi connectivity index (χ1) is 11.5. The van der Waals surface area contributed by atoms with Gasteiger partial charge in [-0.3, -0.25) is 4.79 Å². The lowest BCUT2D eigenvalue weighted by molar-refractivity contribution is -0.140. The number of ether oxygens (including phenoxy) is 2. The van der Waals surface area contributed by atoms with Gasteiger partial charge in [0, 0.05) is 25.1 Å². The van der Waals surface area contributed by atoms with Gasteiger partial charge >= 0.3 is 11.9 Å². The van der Waals surface area contributed by atoms with E-state index in [1.807, 2.05) is 13.8 Å². The summed E-state index contributed by atoms with van der Waals surface area (Å²) in [6.45, 7) is 9.17. The first-order valence-corrected chi connectivity index (χ1v) is 8.48. The average molecular weight is 339 g/mol. The second-order valence-corrected chi connectivity index (χ2v) is 5.25. The Balaban J connectivity index is 0.000000546. The van der Waals surface area contributed by atoms with E-state index in [1.54, 1.807) is 11.1 Å². The van der Waals surface area contributed by atoms with Gasteiger partial charge < -0.3 is 14.4 Å². The Kier molecular flexibility index (Phi) is 13.2. The summed E-state index contributed by atoms with van der Waals surface area (Å²) in [7, 11) is 0. The highest BCUT2D eigenvalue weighted by molar-refractivity contribution is 5.91. The molecule has 0 radical (unpaired) electrons. The van der Waals surface area contributed by atoms with Crippen molar-refractivity contribution in [2.24, 2.45) is 0 Å². The van der Waals surface area contributed by atoms with Crippen molar-refractivity contribution in [2.75, 3.05) is 19.8 Å². The van der Waals surface area contributed by atoms with Gasteiger partial charge in [-0.1, -0.05) is 33.3 Å². The summed E-state index contributed by atoms with van der Waals surface area (Å²) < 4.78 is 9.65. The van der Waals surface area contributed by atoms with Gasteiger partial charge in [-0.2, -0.15) is 0 Å². The Hall–Kier alpha value is -2.11. The molecular weight excluding hydrogens is 310 g/mol. The van der Waals surface area contributed by atoms with E-state index in [4.69, 9.17) is 9.47 Å². The fourth-order valence-electron chi connectivity index (χ4n) is 1.73. The number of nitrogens with zero attached hydrogens (tertiary/aromatic N) is 1. The summed E-state index contributed by atoms with van der Waals surface area (Å²) in [6, 6.07) is 0. The fraction of sp³-hybridized carbons (Fsp3) is 0.611. The van der Waals surface area contributed by atoms with E-state index in [9.17, 15) is 14.4 Å². The topological polar surface area (TPSA) is 72.9 Å². The zero-order chi connectivity index (χ0) is 18.2. The summed E-state index contributed by atoms with van der Waals surface area (Å²) in [5.74, 6) is -0.790. The number of amides is 1. The number of unbranched alkanes of at least 4 members (excludes halogenated alkanes) is 2. The molecule has 0 unspecified atom stereocenters. The maximum atomic E-state index is 11.0. The molecule has 0 aromatic heterocycles. The Morgan fingerprint density at radius 3 is 1.88 bits per heavy atom. The van der Waals surface area contributed by atoms with Gasteiger partial charge in [0.15, 0.2) is 0 Å². The minimum atomic E-state index is -0.499. The van der Waals surface area contributed by atoms with Gasteiger partial charge in [0.2, 0.25) is 5.91 Å². The highest BCUT2D eigenvalue weighted by Gasteiger charge is 2.16. The van der Waals surface area contributed by atoms with Crippen LogP contribution in [0.5, 0.6) is 0 Å². The van der Waals surface area contributed by atoms with Crippen molar-refractivity contribution in [3.63, 3.8) is 0 Å².